The number of aryl methyl sites for hydroxylation is 2. The van der Waals surface area contributed by atoms with Crippen LogP contribution < -0.4 is 0 Å². The largest absolute Gasteiger partial charge is 0.237 e. The van der Waals surface area contributed by atoms with Crippen molar-refractivity contribution in [2.75, 3.05) is 0 Å². The lowest BCUT2D eigenvalue weighted by Gasteiger charge is -1.95. The Kier molecular flexibility index (Phi) is 1.57. The first-order valence-electron chi connectivity index (χ1n) is 4.10. The Morgan fingerprint density at radius 2 is 2.33 bits per heavy atom. The molecule has 2 heterocycles. The molecule has 2 aromatic heterocycles. The lowest BCUT2D eigenvalue weighted by Crippen LogP contribution is -1.92. The van der Waals surface area contributed by atoms with Crippen molar-refractivity contribution in [1.82, 2.24) is 14.6 Å². The van der Waals surface area contributed by atoms with Gasteiger partial charge in [0, 0.05) is 18.5 Å². The van der Waals surface area contributed by atoms with Gasteiger partial charge in [0.15, 0.2) is 5.65 Å². The van der Waals surface area contributed by atoms with Crippen molar-refractivity contribution in [3.8, 4) is 0 Å². The minimum Gasteiger partial charge on any atom is -0.237 e. The second kappa shape index (κ2) is 2.59. The van der Waals surface area contributed by atoms with E-state index in [1.54, 1.807) is 0 Å². The second-order valence-corrected chi connectivity index (χ2v) is 2.90. The molecule has 2 rings (SSSR count). The van der Waals surface area contributed by atoms with Gasteiger partial charge >= 0.3 is 0 Å². The van der Waals surface area contributed by atoms with Crippen LogP contribution in [0.2, 0.25) is 0 Å². The third-order valence-corrected chi connectivity index (χ3v) is 1.90. The van der Waals surface area contributed by atoms with Gasteiger partial charge in [-0.1, -0.05) is 6.92 Å². The maximum atomic E-state index is 4.28. The zero-order valence-electron chi connectivity index (χ0n) is 7.28. The Hall–Kier alpha value is -1.38. The van der Waals surface area contributed by atoms with Crippen LogP contribution >= 0.6 is 0 Å². The number of hydrogen-bond donors (Lipinski definition) is 0. The van der Waals surface area contributed by atoms with E-state index in [9.17, 15) is 0 Å². The maximum absolute atomic E-state index is 4.28. The third kappa shape index (κ3) is 1.07. The highest BCUT2D eigenvalue weighted by Crippen LogP contribution is 2.04. The Labute approximate surface area is 71.1 Å². The molecule has 0 saturated heterocycles. The lowest BCUT2D eigenvalue weighted by molar-refractivity contribution is 0.893. The van der Waals surface area contributed by atoms with E-state index in [2.05, 4.69) is 17.0 Å². The number of fused-ring (bicyclic) bond motifs is 1. The van der Waals surface area contributed by atoms with Gasteiger partial charge in [0.2, 0.25) is 0 Å². The van der Waals surface area contributed by atoms with Crippen molar-refractivity contribution < 1.29 is 0 Å². The number of nitrogens with zero attached hydrogens (tertiary/aromatic N) is 3. The summed E-state index contributed by atoms with van der Waals surface area (Å²) in [6, 6.07) is 1.97. The molecule has 0 aliphatic heterocycles. The summed E-state index contributed by atoms with van der Waals surface area (Å²) in [4.78, 5) is 4.27. The molecule has 0 aromatic carbocycles. The van der Waals surface area contributed by atoms with Crippen LogP contribution in [0, 0.1) is 6.92 Å². The topological polar surface area (TPSA) is 30.2 Å². The monoisotopic (exact) mass is 161 g/mol. The minimum absolute atomic E-state index is 0.921. The highest BCUT2D eigenvalue weighted by atomic mass is 15.2. The fourth-order valence-electron chi connectivity index (χ4n) is 1.22. The summed E-state index contributed by atoms with van der Waals surface area (Å²) < 4.78 is 1.83. The van der Waals surface area contributed by atoms with Gasteiger partial charge in [0.05, 0.1) is 5.69 Å². The van der Waals surface area contributed by atoms with E-state index in [0.29, 0.717) is 0 Å². The van der Waals surface area contributed by atoms with Gasteiger partial charge in [-0.05, 0) is 18.9 Å². The molecule has 0 aliphatic rings. The Morgan fingerprint density at radius 3 is 3.08 bits per heavy atom. The van der Waals surface area contributed by atoms with Crippen LogP contribution in [0.1, 0.15) is 18.2 Å². The first-order valence-corrected chi connectivity index (χ1v) is 4.10. The lowest BCUT2D eigenvalue weighted by atomic mass is 10.3. The molecular formula is C9H11N3. The van der Waals surface area contributed by atoms with Crippen molar-refractivity contribution in [2.24, 2.45) is 0 Å². The summed E-state index contributed by atoms with van der Waals surface area (Å²) >= 11 is 0. The molecule has 3 nitrogen and oxygen atoms in total. The predicted octanol–water partition coefficient (Wildman–Crippen LogP) is 1.60. The standard InChI is InChI=1S/C9H11N3/c1-3-8-5-10-9-4-7(2)11-12(9)6-8/h4-6H,3H2,1-2H3. The van der Waals surface area contributed by atoms with Crippen molar-refractivity contribution >= 4 is 5.65 Å². The fraction of sp³-hybridized carbons (Fsp3) is 0.333. The minimum atomic E-state index is 0.921. The van der Waals surface area contributed by atoms with E-state index in [0.717, 1.165) is 17.8 Å². The Morgan fingerprint density at radius 1 is 1.50 bits per heavy atom. The highest BCUT2D eigenvalue weighted by Gasteiger charge is 1.98. The van der Waals surface area contributed by atoms with Crippen LogP contribution in [0.3, 0.4) is 0 Å². The third-order valence-electron chi connectivity index (χ3n) is 1.90. The summed E-state index contributed by atoms with van der Waals surface area (Å²) in [5.41, 5.74) is 3.14. The number of rotatable bonds is 1. The Balaban J connectivity index is 2.66. The smallest absolute Gasteiger partial charge is 0.155 e. The van der Waals surface area contributed by atoms with Crippen LogP contribution in [0.4, 0.5) is 0 Å². The predicted molar refractivity (Wildman–Crippen MR) is 47.1 cm³/mol. The molecule has 0 N–H and O–H groups in total. The maximum Gasteiger partial charge on any atom is 0.155 e. The van der Waals surface area contributed by atoms with E-state index in [-0.39, 0.29) is 0 Å². The van der Waals surface area contributed by atoms with Crippen molar-refractivity contribution in [3.63, 3.8) is 0 Å². The first kappa shape index (κ1) is 7.28. The van der Waals surface area contributed by atoms with Crippen molar-refractivity contribution in [1.29, 1.82) is 0 Å². The molecule has 0 fully saturated rings. The molecule has 0 saturated carbocycles. The molecule has 0 bridgehead atoms. The molecule has 0 amide bonds. The van der Waals surface area contributed by atoms with Crippen LogP contribution in [0.15, 0.2) is 18.5 Å². The normalized spacial score (nSPS) is 10.8. The molecule has 0 radical (unpaired) electrons. The Bertz CT molecular complexity index is 403. The average Bonchev–Trinajstić information content (AvgIpc) is 2.43. The summed E-state index contributed by atoms with van der Waals surface area (Å²) in [7, 11) is 0. The zero-order valence-corrected chi connectivity index (χ0v) is 7.28. The van der Waals surface area contributed by atoms with E-state index in [4.69, 9.17) is 0 Å². The quantitative estimate of drug-likeness (QED) is 0.636. The molecular weight excluding hydrogens is 150 g/mol. The summed E-state index contributed by atoms with van der Waals surface area (Å²) in [6.07, 6.45) is 4.92. The van der Waals surface area contributed by atoms with Crippen LogP contribution in [-0.4, -0.2) is 14.6 Å². The molecule has 0 atom stereocenters. The summed E-state index contributed by atoms with van der Waals surface area (Å²) in [6.45, 7) is 4.08. The van der Waals surface area contributed by atoms with Crippen LogP contribution in [0.5, 0.6) is 0 Å². The fourth-order valence-corrected chi connectivity index (χ4v) is 1.22. The molecule has 0 spiro atoms. The zero-order chi connectivity index (χ0) is 8.55. The van der Waals surface area contributed by atoms with E-state index in [1.165, 1.54) is 5.56 Å². The van der Waals surface area contributed by atoms with Gasteiger partial charge < -0.3 is 0 Å². The first-order chi connectivity index (χ1) is 5.79. The van der Waals surface area contributed by atoms with E-state index < -0.39 is 0 Å². The molecule has 62 valence electrons. The summed E-state index contributed by atoms with van der Waals surface area (Å²) in [5, 5.41) is 4.28. The molecule has 2 aromatic rings. The van der Waals surface area contributed by atoms with Crippen molar-refractivity contribution in [2.45, 2.75) is 20.3 Å². The highest BCUT2D eigenvalue weighted by molar-refractivity contribution is 5.38. The average molecular weight is 161 g/mol. The van der Waals surface area contributed by atoms with Gasteiger partial charge in [-0.25, -0.2) is 9.50 Å². The van der Waals surface area contributed by atoms with Gasteiger partial charge in [-0.2, -0.15) is 5.10 Å². The number of hydrogen-bond acceptors (Lipinski definition) is 2. The van der Waals surface area contributed by atoms with E-state index >= 15 is 0 Å². The summed E-state index contributed by atoms with van der Waals surface area (Å²) in [5.74, 6) is 0. The van der Waals surface area contributed by atoms with Gasteiger partial charge in [0.25, 0.3) is 0 Å². The SMILES string of the molecule is CCc1cnc2cc(C)nn2c1. The molecule has 3 heteroatoms. The van der Waals surface area contributed by atoms with Crippen LogP contribution in [-0.2, 0) is 6.42 Å². The molecule has 12 heavy (non-hydrogen) atoms. The van der Waals surface area contributed by atoms with Gasteiger partial charge in [-0.3, -0.25) is 0 Å². The molecule has 0 aliphatic carbocycles. The van der Waals surface area contributed by atoms with Gasteiger partial charge in [0.1, 0.15) is 0 Å². The van der Waals surface area contributed by atoms with Crippen molar-refractivity contribution in [3.05, 3.63) is 29.7 Å². The second-order valence-electron chi connectivity index (χ2n) is 2.90. The number of aromatic nitrogens is 3. The van der Waals surface area contributed by atoms with Crippen LogP contribution in [0.25, 0.3) is 5.65 Å². The molecule has 0 unspecified atom stereocenters. The van der Waals surface area contributed by atoms with Gasteiger partial charge in [-0.15, -0.1) is 0 Å². The van der Waals surface area contributed by atoms with E-state index in [1.807, 2.05) is 29.9 Å².